The van der Waals surface area contributed by atoms with Crippen LogP contribution in [0, 0.1) is 0 Å². The van der Waals surface area contributed by atoms with Gasteiger partial charge in [-0.2, -0.15) is 0 Å². The average molecular weight is 767 g/mol. The molecular weight excluding hydrogens is 733 g/mol. The van der Waals surface area contributed by atoms with Gasteiger partial charge in [-0.3, -0.25) is 0 Å². The lowest BCUT2D eigenvalue weighted by molar-refractivity contribution is 0.669. The van der Waals surface area contributed by atoms with Crippen LogP contribution in [0.3, 0.4) is 0 Å². The molecule has 0 aliphatic rings. The van der Waals surface area contributed by atoms with Gasteiger partial charge in [0.2, 0.25) is 0 Å². The molecule has 3 heterocycles. The minimum atomic E-state index is 0.845. The molecule has 0 saturated heterocycles. The van der Waals surface area contributed by atoms with Crippen LogP contribution in [-0.4, -0.2) is 4.57 Å². The third-order valence-corrected chi connectivity index (χ3v) is 12.4. The molecule has 13 aromatic rings. The molecule has 0 bridgehead atoms. The minimum Gasteiger partial charge on any atom is -0.456 e. The van der Waals surface area contributed by atoms with Crippen LogP contribution >= 0.6 is 0 Å². The van der Waals surface area contributed by atoms with E-state index in [0.717, 1.165) is 93.9 Å². The Morgan fingerprint density at radius 3 is 1.73 bits per heavy atom. The van der Waals surface area contributed by atoms with Gasteiger partial charge in [0.25, 0.3) is 0 Å². The van der Waals surface area contributed by atoms with Crippen molar-refractivity contribution in [1.82, 2.24) is 4.57 Å². The maximum absolute atomic E-state index is 6.78. The summed E-state index contributed by atoms with van der Waals surface area (Å²) in [6.07, 6.45) is 0. The van der Waals surface area contributed by atoms with Gasteiger partial charge < -0.3 is 18.3 Å². The normalized spacial score (nSPS) is 12.0. The van der Waals surface area contributed by atoms with Crippen LogP contribution in [0.2, 0.25) is 0 Å². The highest BCUT2D eigenvalue weighted by atomic mass is 16.3. The summed E-state index contributed by atoms with van der Waals surface area (Å²) in [5.74, 6) is 0. The number of para-hydroxylation sites is 3. The Morgan fingerprint density at radius 1 is 0.350 bits per heavy atom. The molecule has 3 aromatic heterocycles. The van der Waals surface area contributed by atoms with Crippen molar-refractivity contribution in [3.63, 3.8) is 0 Å². The molecule has 60 heavy (non-hydrogen) atoms. The first-order valence-electron chi connectivity index (χ1n) is 20.4. The smallest absolute Gasteiger partial charge is 0.143 e. The summed E-state index contributed by atoms with van der Waals surface area (Å²) in [7, 11) is 0. The van der Waals surface area contributed by atoms with E-state index in [9.17, 15) is 0 Å². The van der Waals surface area contributed by atoms with E-state index in [1.165, 1.54) is 27.2 Å². The zero-order valence-electron chi connectivity index (χ0n) is 32.3. The van der Waals surface area contributed by atoms with Gasteiger partial charge in [-0.25, -0.2) is 0 Å². The molecule has 0 N–H and O–H groups in total. The molecule has 0 radical (unpaired) electrons. The van der Waals surface area contributed by atoms with E-state index < -0.39 is 0 Å². The molecule has 0 atom stereocenters. The summed E-state index contributed by atoms with van der Waals surface area (Å²) < 4.78 is 15.8. The standard InChI is InChI=1S/C56H34N2O2/c1-2-15-37-34-53-46(33-36(37)14-1)54-44(20-11-25-51(54)59-53)43-19-7-10-23-49(43)58(50-24-12-26-52-55(50)45-32-27-35-13-3-4-16-40(35)56(45)60-52)39-30-28-38(29-31-39)57-47-21-8-5-17-41(47)42-18-6-9-22-48(42)57/h1-34H. The van der Waals surface area contributed by atoms with Crippen LogP contribution in [0.15, 0.2) is 215 Å². The van der Waals surface area contributed by atoms with Gasteiger partial charge in [0.05, 0.1) is 27.8 Å². The summed E-state index contributed by atoms with van der Waals surface area (Å²) in [6.45, 7) is 0. The van der Waals surface area contributed by atoms with E-state index in [4.69, 9.17) is 8.83 Å². The Hall–Kier alpha value is -8.08. The van der Waals surface area contributed by atoms with Crippen LogP contribution < -0.4 is 4.90 Å². The van der Waals surface area contributed by atoms with Crippen LogP contribution in [-0.2, 0) is 0 Å². The molecule has 4 heteroatoms. The largest absolute Gasteiger partial charge is 0.456 e. The van der Waals surface area contributed by atoms with Crippen molar-refractivity contribution in [2.45, 2.75) is 0 Å². The first-order chi connectivity index (χ1) is 29.8. The predicted molar refractivity (Wildman–Crippen MR) is 250 cm³/mol. The Kier molecular flexibility index (Phi) is 6.98. The van der Waals surface area contributed by atoms with E-state index in [1.807, 2.05) is 0 Å². The fraction of sp³-hybridized carbons (Fsp3) is 0. The van der Waals surface area contributed by atoms with Crippen LogP contribution in [0.4, 0.5) is 17.1 Å². The topological polar surface area (TPSA) is 34.5 Å². The molecule has 0 spiro atoms. The Bertz CT molecular complexity index is 3790. The van der Waals surface area contributed by atoms with Crippen LogP contribution in [0.1, 0.15) is 0 Å². The van der Waals surface area contributed by atoms with E-state index in [-0.39, 0.29) is 0 Å². The monoisotopic (exact) mass is 766 g/mol. The highest BCUT2D eigenvalue weighted by Crippen LogP contribution is 2.49. The number of hydrogen-bond donors (Lipinski definition) is 0. The van der Waals surface area contributed by atoms with Crippen LogP contribution in [0.5, 0.6) is 0 Å². The van der Waals surface area contributed by atoms with Gasteiger partial charge >= 0.3 is 0 Å². The number of nitrogens with zero attached hydrogens (tertiary/aromatic N) is 2. The molecule has 10 aromatic carbocycles. The molecule has 0 amide bonds. The van der Waals surface area contributed by atoms with E-state index in [0.29, 0.717) is 0 Å². The number of anilines is 3. The maximum Gasteiger partial charge on any atom is 0.143 e. The second-order valence-corrected chi connectivity index (χ2v) is 15.6. The Labute approximate surface area is 344 Å². The molecule has 0 unspecified atom stereocenters. The van der Waals surface area contributed by atoms with Gasteiger partial charge in [-0.1, -0.05) is 127 Å². The minimum absolute atomic E-state index is 0.845. The third kappa shape index (κ3) is 4.79. The Balaban J connectivity index is 1.08. The molecule has 280 valence electrons. The van der Waals surface area contributed by atoms with Gasteiger partial charge in [0, 0.05) is 49.3 Å². The third-order valence-electron chi connectivity index (χ3n) is 12.4. The molecule has 0 saturated carbocycles. The van der Waals surface area contributed by atoms with E-state index in [1.54, 1.807) is 0 Å². The van der Waals surface area contributed by atoms with E-state index >= 15 is 0 Å². The lowest BCUT2D eigenvalue weighted by Crippen LogP contribution is -2.12. The molecule has 13 rings (SSSR count). The number of benzene rings is 10. The molecule has 0 aliphatic heterocycles. The van der Waals surface area contributed by atoms with Gasteiger partial charge in [-0.05, 0) is 101 Å². The lowest BCUT2D eigenvalue weighted by atomic mass is 9.96. The number of aromatic nitrogens is 1. The quantitative estimate of drug-likeness (QED) is 0.175. The van der Waals surface area contributed by atoms with Gasteiger partial charge in [0.1, 0.15) is 22.3 Å². The second kappa shape index (κ2) is 12.7. The second-order valence-electron chi connectivity index (χ2n) is 15.6. The van der Waals surface area contributed by atoms with Crippen molar-refractivity contribution >= 4 is 104 Å². The summed E-state index contributed by atoms with van der Waals surface area (Å²) in [6, 6.07) is 73.8. The zero-order valence-corrected chi connectivity index (χ0v) is 32.3. The molecular formula is C56H34N2O2. The highest BCUT2D eigenvalue weighted by Gasteiger charge is 2.24. The van der Waals surface area contributed by atoms with Crippen molar-refractivity contribution in [3.8, 4) is 16.8 Å². The van der Waals surface area contributed by atoms with Crippen molar-refractivity contribution in [3.05, 3.63) is 206 Å². The summed E-state index contributed by atoms with van der Waals surface area (Å²) in [4.78, 5) is 2.41. The first kappa shape index (κ1) is 32.9. The van der Waals surface area contributed by atoms with Crippen molar-refractivity contribution in [2.75, 3.05) is 4.90 Å². The van der Waals surface area contributed by atoms with E-state index in [2.05, 4.69) is 216 Å². The number of rotatable bonds is 5. The van der Waals surface area contributed by atoms with Crippen molar-refractivity contribution < 1.29 is 8.83 Å². The zero-order chi connectivity index (χ0) is 39.3. The maximum atomic E-state index is 6.78. The van der Waals surface area contributed by atoms with Crippen molar-refractivity contribution in [2.24, 2.45) is 0 Å². The molecule has 4 nitrogen and oxygen atoms in total. The highest BCUT2D eigenvalue weighted by molar-refractivity contribution is 6.21. The van der Waals surface area contributed by atoms with Gasteiger partial charge in [0.15, 0.2) is 0 Å². The SMILES string of the molecule is c1ccc(N(c2ccc(-n3c4ccccc4c4ccccc43)cc2)c2cccc3oc4c5ccccc5ccc4c23)c(-c2cccc3oc4cc5ccccc5cc4c23)c1. The van der Waals surface area contributed by atoms with Gasteiger partial charge in [-0.15, -0.1) is 0 Å². The Morgan fingerprint density at radius 2 is 0.950 bits per heavy atom. The summed E-state index contributed by atoms with van der Waals surface area (Å²) in [5, 5.41) is 11.4. The fourth-order valence-electron chi connectivity index (χ4n) is 9.71. The lowest BCUT2D eigenvalue weighted by Gasteiger charge is -2.29. The predicted octanol–water partition coefficient (Wildman–Crippen LogP) is 16.0. The summed E-state index contributed by atoms with van der Waals surface area (Å²) >= 11 is 0. The van der Waals surface area contributed by atoms with Crippen LogP contribution in [0.25, 0.3) is 104 Å². The number of fused-ring (bicyclic) bond motifs is 12. The average Bonchev–Trinajstić information content (AvgIpc) is 3.99. The first-order valence-corrected chi connectivity index (χ1v) is 20.4. The fourth-order valence-corrected chi connectivity index (χ4v) is 9.71. The number of hydrogen-bond acceptors (Lipinski definition) is 3. The molecule has 0 fully saturated rings. The molecule has 0 aliphatic carbocycles. The summed E-state index contributed by atoms with van der Waals surface area (Å²) in [5.41, 5.74) is 12.3. The van der Waals surface area contributed by atoms with Crippen molar-refractivity contribution in [1.29, 1.82) is 0 Å². The number of furan rings is 2.